The topological polar surface area (TPSA) is 37.3 Å². The Balaban J connectivity index is 2.13. The molecule has 1 aliphatic rings. The molecule has 0 atom stereocenters. The molecule has 1 N–H and O–H groups in total. The van der Waals surface area contributed by atoms with Gasteiger partial charge < -0.3 is 14.8 Å². The van der Waals surface area contributed by atoms with Crippen LogP contribution in [0, 0.1) is 0 Å². The number of amides is 1. The van der Waals surface area contributed by atoms with Gasteiger partial charge in [0.2, 0.25) is 0 Å². The molecule has 1 aromatic heterocycles. The number of halogens is 1. The number of carbonyl (C=O) groups excluding carboxylic acids is 1. The Labute approximate surface area is 123 Å². The molecule has 1 saturated heterocycles. The van der Waals surface area contributed by atoms with Crippen molar-refractivity contribution in [2.75, 3.05) is 20.1 Å². The minimum atomic E-state index is 0.131. The largest absolute Gasteiger partial charge is 0.342 e. The van der Waals surface area contributed by atoms with Gasteiger partial charge in [0.05, 0.1) is 0 Å². The van der Waals surface area contributed by atoms with E-state index < -0.39 is 0 Å². The van der Waals surface area contributed by atoms with Gasteiger partial charge in [0, 0.05) is 30.3 Å². The second-order valence-electron chi connectivity index (χ2n) is 5.13. The van der Waals surface area contributed by atoms with E-state index in [0.29, 0.717) is 6.04 Å². The number of carbonyl (C=O) groups is 1. The molecule has 0 aliphatic carbocycles. The Kier molecular flexibility index (Phi) is 5.05. The number of nitrogens with zero attached hydrogens (tertiary/aromatic N) is 2. The predicted octanol–water partition coefficient (Wildman–Crippen LogP) is 2.48. The monoisotopic (exact) mass is 327 g/mol. The molecule has 2 rings (SSSR count). The summed E-state index contributed by atoms with van der Waals surface area (Å²) in [5.74, 6) is 0.131. The third kappa shape index (κ3) is 3.39. The van der Waals surface area contributed by atoms with Crippen LogP contribution >= 0.6 is 15.9 Å². The Hall–Kier alpha value is -0.810. The second kappa shape index (κ2) is 6.57. The number of rotatable bonds is 4. The molecule has 0 radical (unpaired) electrons. The summed E-state index contributed by atoms with van der Waals surface area (Å²) in [6.07, 6.45) is 5.10. The first-order chi connectivity index (χ1) is 9.13. The molecular formula is C14H22BrN3O. The van der Waals surface area contributed by atoms with Crippen molar-refractivity contribution in [3.63, 3.8) is 0 Å². The summed E-state index contributed by atoms with van der Waals surface area (Å²) in [4.78, 5) is 14.5. The Morgan fingerprint density at radius 3 is 2.84 bits per heavy atom. The summed E-state index contributed by atoms with van der Waals surface area (Å²) in [6.45, 7) is 5.01. The molecular weight excluding hydrogens is 306 g/mol. The van der Waals surface area contributed by atoms with Crippen LogP contribution < -0.4 is 5.32 Å². The number of nitrogens with one attached hydrogen (secondary N) is 1. The fraction of sp³-hybridized carbons (Fsp3) is 0.643. The van der Waals surface area contributed by atoms with Gasteiger partial charge in [0.15, 0.2) is 0 Å². The number of hydrogen-bond donors (Lipinski definition) is 1. The Bertz CT molecular complexity index is 438. The van der Waals surface area contributed by atoms with Crippen LogP contribution in [0.4, 0.5) is 0 Å². The molecule has 4 nitrogen and oxygen atoms in total. The molecule has 0 aromatic carbocycles. The number of hydrogen-bond acceptors (Lipinski definition) is 2. The number of aromatic nitrogens is 1. The van der Waals surface area contributed by atoms with Crippen molar-refractivity contribution in [1.29, 1.82) is 0 Å². The molecule has 1 aliphatic heterocycles. The summed E-state index contributed by atoms with van der Waals surface area (Å²) in [5.41, 5.74) is 0.787. The van der Waals surface area contributed by atoms with Gasteiger partial charge in [-0.05, 0) is 54.3 Å². The molecule has 1 aromatic rings. The molecule has 19 heavy (non-hydrogen) atoms. The van der Waals surface area contributed by atoms with Gasteiger partial charge in [-0.3, -0.25) is 4.79 Å². The SMILES string of the molecule is CCCn1cc(Br)cc1C(=O)N(C)C1CCNCC1. The van der Waals surface area contributed by atoms with Crippen molar-refractivity contribution in [3.8, 4) is 0 Å². The molecule has 0 spiro atoms. The highest BCUT2D eigenvalue weighted by Crippen LogP contribution is 2.19. The predicted molar refractivity (Wildman–Crippen MR) is 80.4 cm³/mol. The lowest BCUT2D eigenvalue weighted by Crippen LogP contribution is -2.44. The van der Waals surface area contributed by atoms with E-state index in [4.69, 9.17) is 0 Å². The van der Waals surface area contributed by atoms with Crippen molar-refractivity contribution >= 4 is 21.8 Å². The molecule has 106 valence electrons. The summed E-state index contributed by atoms with van der Waals surface area (Å²) < 4.78 is 3.02. The van der Waals surface area contributed by atoms with Gasteiger partial charge in [-0.1, -0.05) is 6.92 Å². The highest BCUT2D eigenvalue weighted by Gasteiger charge is 2.24. The van der Waals surface area contributed by atoms with Crippen molar-refractivity contribution in [2.45, 2.75) is 38.8 Å². The zero-order chi connectivity index (χ0) is 13.8. The fourth-order valence-electron chi connectivity index (χ4n) is 2.62. The smallest absolute Gasteiger partial charge is 0.270 e. The van der Waals surface area contributed by atoms with E-state index in [1.807, 2.05) is 28.8 Å². The molecule has 0 bridgehead atoms. The van der Waals surface area contributed by atoms with E-state index in [-0.39, 0.29) is 5.91 Å². The zero-order valence-corrected chi connectivity index (χ0v) is 13.2. The maximum atomic E-state index is 12.6. The van der Waals surface area contributed by atoms with Crippen molar-refractivity contribution in [3.05, 3.63) is 22.4 Å². The van der Waals surface area contributed by atoms with Crippen LogP contribution in [0.5, 0.6) is 0 Å². The second-order valence-corrected chi connectivity index (χ2v) is 6.05. The van der Waals surface area contributed by atoms with Gasteiger partial charge in [-0.15, -0.1) is 0 Å². The van der Waals surface area contributed by atoms with Crippen LogP contribution in [-0.4, -0.2) is 41.6 Å². The van der Waals surface area contributed by atoms with Crippen LogP contribution in [-0.2, 0) is 6.54 Å². The molecule has 5 heteroatoms. The molecule has 1 amide bonds. The summed E-state index contributed by atoms with van der Waals surface area (Å²) >= 11 is 3.46. The molecule has 0 unspecified atom stereocenters. The van der Waals surface area contributed by atoms with E-state index in [1.165, 1.54) is 0 Å². The van der Waals surface area contributed by atoms with E-state index >= 15 is 0 Å². The summed E-state index contributed by atoms with van der Waals surface area (Å²) in [5, 5.41) is 3.33. The van der Waals surface area contributed by atoms with Crippen LogP contribution in [0.1, 0.15) is 36.7 Å². The lowest BCUT2D eigenvalue weighted by Gasteiger charge is -2.31. The Morgan fingerprint density at radius 1 is 1.53 bits per heavy atom. The highest BCUT2D eigenvalue weighted by molar-refractivity contribution is 9.10. The van der Waals surface area contributed by atoms with Crippen LogP contribution in [0.2, 0.25) is 0 Å². The summed E-state index contributed by atoms with van der Waals surface area (Å²) in [7, 11) is 1.93. The average Bonchev–Trinajstić information content (AvgIpc) is 2.79. The first-order valence-corrected chi connectivity index (χ1v) is 7.76. The van der Waals surface area contributed by atoms with Crippen LogP contribution in [0.25, 0.3) is 0 Å². The van der Waals surface area contributed by atoms with Gasteiger partial charge >= 0.3 is 0 Å². The summed E-state index contributed by atoms with van der Waals surface area (Å²) in [6, 6.07) is 2.28. The molecule has 0 saturated carbocycles. The first kappa shape index (κ1) is 14.6. The lowest BCUT2D eigenvalue weighted by molar-refractivity contribution is 0.0692. The van der Waals surface area contributed by atoms with Crippen molar-refractivity contribution in [1.82, 2.24) is 14.8 Å². The third-order valence-electron chi connectivity index (χ3n) is 3.72. The lowest BCUT2D eigenvalue weighted by atomic mass is 10.1. The Morgan fingerprint density at radius 2 is 2.21 bits per heavy atom. The quantitative estimate of drug-likeness (QED) is 0.922. The third-order valence-corrected chi connectivity index (χ3v) is 4.16. The molecule has 1 fully saturated rings. The van der Waals surface area contributed by atoms with E-state index in [1.54, 1.807) is 0 Å². The normalized spacial score (nSPS) is 16.6. The number of aryl methyl sites for hydroxylation is 1. The maximum absolute atomic E-state index is 12.6. The minimum Gasteiger partial charge on any atom is -0.342 e. The van der Waals surface area contributed by atoms with E-state index in [0.717, 1.165) is 49.1 Å². The van der Waals surface area contributed by atoms with Crippen molar-refractivity contribution < 1.29 is 4.79 Å². The van der Waals surface area contributed by atoms with Crippen molar-refractivity contribution in [2.24, 2.45) is 0 Å². The average molecular weight is 328 g/mol. The number of piperidine rings is 1. The molecule has 2 heterocycles. The first-order valence-electron chi connectivity index (χ1n) is 6.97. The maximum Gasteiger partial charge on any atom is 0.270 e. The van der Waals surface area contributed by atoms with Gasteiger partial charge in [0.25, 0.3) is 5.91 Å². The highest BCUT2D eigenvalue weighted by atomic mass is 79.9. The van der Waals surface area contributed by atoms with Gasteiger partial charge in [-0.25, -0.2) is 0 Å². The minimum absolute atomic E-state index is 0.131. The van der Waals surface area contributed by atoms with E-state index in [2.05, 4.69) is 28.2 Å². The van der Waals surface area contributed by atoms with Crippen LogP contribution in [0.15, 0.2) is 16.7 Å². The zero-order valence-electron chi connectivity index (χ0n) is 11.7. The van der Waals surface area contributed by atoms with Gasteiger partial charge in [0.1, 0.15) is 5.69 Å². The van der Waals surface area contributed by atoms with E-state index in [9.17, 15) is 4.79 Å². The van der Waals surface area contributed by atoms with Gasteiger partial charge in [-0.2, -0.15) is 0 Å². The van der Waals surface area contributed by atoms with Crippen LogP contribution in [0.3, 0.4) is 0 Å². The fourth-order valence-corrected chi connectivity index (χ4v) is 3.08. The standard InChI is InChI=1S/C14H22BrN3O/c1-3-8-18-10-11(15)9-13(18)14(19)17(2)12-4-6-16-7-5-12/h9-10,12,16H,3-8H2,1-2H3.